The minimum Gasteiger partial charge on any atom is -0.311 e. The fraction of sp³-hybridized carbons (Fsp3) is 0.400. The lowest BCUT2D eigenvalue weighted by Crippen LogP contribution is -2.35. The number of hydrogen-bond donors (Lipinski definition) is 3. The molecule has 3 heteroatoms. The molecule has 1 aromatic rings. The standard InChI is InChI=1S/C10H17N3/c1-6-4-7(2)9(8(3)5-6)10(11)13-12/h4-5,10,13H,11-12H2,1-3H3. The van der Waals surface area contributed by atoms with Crippen molar-refractivity contribution < 1.29 is 0 Å². The highest BCUT2D eigenvalue weighted by molar-refractivity contribution is 5.39. The second-order valence-corrected chi connectivity index (χ2v) is 3.46. The lowest BCUT2D eigenvalue weighted by Gasteiger charge is -2.17. The molecular weight excluding hydrogens is 162 g/mol. The minimum absolute atomic E-state index is 0.277. The number of rotatable bonds is 2. The average molecular weight is 179 g/mol. The zero-order valence-electron chi connectivity index (χ0n) is 8.39. The fourth-order valence-electron chi connectivity index (χ4n) is 1.77. The van der Waals surface area contributed by atoms with E-state index < -0.39 is 0 Å². The highest BCUT2D eigenvalue weighted by Gasteiger charge is 2.09. The maximum absolute atomic E-state index is 5.81. The van der Waals surface area contributed by atoms with Gasteiger partial charge in [0.05, 0.1) is 6.17 Å². The molecule has 1 rings (SSSR count). The number of aryl methyl sites for hydroxylation is 3. The van der Waals surface area contributed by atoms with Crippen LogP contribution >= 0.6 is 0 Å². The minimum atomic E-state index is -0.277. The molecule has 0 saturated heterocycles. The predicted octanol–water partition coefficient (Wildman–Crippen LogP) is 1.03. The van der Waals surface area contributed by atoms with Gasteiger partial charge in [-0.15, -0.1) is 0 Å². The van der Waals surface area contributed by atoms with Crippen LogP contribution in [0, 0.1) is 20.8 Å². The third-order valence-electron chi connectivity index (χ3n) is 2.23. The molecule has 5 N–H and O–H groups in total. The third kappa shape index (κ3) is 2.06. The normalized spacial score (nSPS) is 13.0. The van der Waals surface area contributed by atoms with Gasteiger partial charge in [0.15, 0.2) is 0 Å². The van der Waals surface area contributed by atoms with Gasteiger partial charge >= 0.3 is 0 Å². The Morgan fingerprint density at radius 1 is 1.15 bits per heavy atom. The summed E-state index contributed by atoms with van der Waals surface area (Å²) in [5.74, 6) is 5.30. The maximum atomic E-state index is 5.81. The van der Waals surface area contributed by atoms with E-state index in [1.54, 1.807) is 0 Å². The van der Waals surface area contributed by atoms with E-state index in [0.29, 0.717) is 0 Å². The van der Waals surface area contributed by atoms with E-state index >= 15 is 0 Å². The number of benzene rings is 1. The molecule has 1 aromatic carbocycles. The van der Waals surface area contributed by atoms with Crippen molar-refractivity contribution in [1.29, 1.82) is 0 Å². The first-order chi connectivity index (χ1) is 6.06. The Labute approximate surface area is 79.1 Å². The molecule has 72 valence electrons. The van der Waals surface area contributed by atoms with Gasteiger partial charge in [-0.25, -0.2) is 5.43 Å². The van der Waals surface area contributed by atoms with E-state index in [2.05, 4.69) is 24.5 Å². The summed E-state index contributed by atoms with van der Waals surface area (Å²) in [6.07, 6.45) is -0.277. The second kappa shape index (κ2) is 3.87. The van der Waals surface area contributed by atoms with E-state index in [0.717, 1.165) is 5.56 Å². The molecule has 0 fully saturated rings. The van der Waals surface area contributed by atoms with Crippen LogP contribution in [-0.4, -0.2) is 0 Å². The van der Waals surface area contributed by atoms with Gasteiger partial charge in [-0.1, -0.05) is 17.7 Å². The van der Waals surface area contributed by atoms with Crippen molar-refractivity contribution in [3.63, 3.8) is 0 Å². The van der Waals surface area contributed by atoms with Gasteiger partial charge in [-0.05, 0) is 37.5 Å². The Kier molecular flexibility index (Phi) is 3.03. The van der Waals surface area contributed by atoms with Crippen LogP contribution in [0.5, 0.6) is 0 Å². The molecule has 0 heterocycles. The molecule has 1 unspecified atom stereocenters. The molecule has 0 aliphatic carbocycles. The molecule has 0 amide bonds. The van der Waals surface area contributed by atoms with Crippen LogP contribution in [0.1, 0.15) is 28.4 Å². The van der Waals surface area contributed by atoms with Crippen molar-refractivity contribution in [2.45, 2.75) is 26.9 Å². The summed E-state index contributed by atoms with van der Waals surface area (Å²) < 4.78 is 0. The largest absolute Gasteiger partial charge is 0.311 e. The molecule has 0 aliphatic heterocycles. The van der Waals surface area contributed by atoms with Gasteiger partial charge in [0.2, 0.25) is 0 Å². The quantitative estimate of drug-likeness (QED) is 0.361. The molecule has 0 bridgehead atoms. The summed E-state index contributed by atoms with van der Waals surface area (Å²) in [5, 5.41) is 0. The summed E-state index contributed by atoms with van der Waals surface area (Å²) in [6, 6.07) is 4.22. The molecule has 0 saturated carbocycles. The molecule has 0 radical (unpaired) electrons. The van der Waals surface area contributed by atoms with Crippen molar-refractivity contribution in [3.05, 3.63) is 34.4 Å². The Balaban J connectivity index is 3.20. The zero-order chi connectivity index (χ0) is 10.0. The zero-order valence-corrected chi connectivity index (χ0v) is 8.39. The van der Waals surface area contributed by atoms with Crippen LogP contribution in [0.3, 0.4) is 0 Å². The van der Waals surface area contributed by atoms with Crippen LogP contribution in [0.4, 0.5) is 0 Å². The monoisotopic (exact) mass is 179 g/mol. The van der Waals surface area contributed by atoms with E-state index in [9.17, 15) is 0 Å². The highest BCUT2D eigenvalue weighted by Crippen LogP contribution is 2.19. The Hall–Kier alpha value is -0.900. The topological polar surface area (TPSA) is 64.1 Å². The van der Waals surface area contributed by atoms with E-state index in [4.69, 9.17) is 11.6 Å². The van der Waals surface area contributed by atoms with E-state index in [1.165, 1.54) is 16.7 Å². The fourth-order valence-corrected chi connectivity index (χ4v) is 1.77. The molecule has 0 aliphatic rings. The van der Waals surface area contributed by atoms with E-state index in [1.807, 2.05) is 13.8 Å². The van der Waals surface area contributed by atoms with Crippen molar-refractivity contribution in [2.24, 2.45) is 11.6 Å². The van der Waals surface area contributed by atoms with E-state index in [-0.39, 0.29) is 6.17 Å². The SMILES string of the molecule is Cc1cc(C)c(C(N)NN)c(C)c1. The number of hydrogen-bond acceptors (Lipinski definition) is 3. The number of nitrogens with one attached hydrogen (secondary N) is 1. The summed E-state index contributed by atoms with van der Waals surface area (Å²) in [4.78, 5) is 0. The average Bonchev–Trinajstić information content (AvgIpc) is 2.02. The highest BCUT2D eigenvalue weighted by atomic mass is 15.3. The summed E-state index contributed by atoms with van der Waals surface area (Å²) in [6.45, 7) is 6.17. The summed E-state index contributed by atoms with van der Waals surface area (Å²) >= 11 is 0. The first-order valence-electron chi connectivity index (χ1n) is 4.35. The van der Waals surface area contributed by atoms with Crippen molar-refractivity contribution in [1.82, 2.24) is 5.43 Å². The first kappa shape index (κ1) is 10.2. The van der Waals surface area contributed by atoms with Gasteiger partial charge in [-0.3, -0.25) is 5.84 Å². The molecule has 1 atom stereocenters. The van der Waals surface area contributed by atoms with Crippen LogP contribution in [0.15, 0.2) is 12.1 Å². The van der Waals surface area contributed by atoms with Crippen molar-refractivity contribution in [3.8, 4) is 0 Å². The Morgan fingerprint density at radius 2 is 1.62 bits per heavy atom. The van der Waals surface area contributed by atoms with Gasteiger partial charge < -0.3 is 5.73 Å². The number of nitrogens with two attached hydrogens (primary N) is 2. The van der Waals surface area contributed by atoms with Gasteiger partial charge in [0, 0.05) is 0 Å². The Morgan fingerprint density at radius 3 is 2.00 bits per heavy atom. The Bertz CT molecular complexity index is 284. The molecule has 0 aromatic heterocycles. The lowest BCUT2D eigenvalue weighted by atomic mass is 9.98. The molecular formula is C10H17N3. The lowest BCUT2D eigenvalue weighted by molar-refractivity contribution is 0.571. The smallest absolute Gasteiger partial charge is 0.0941 e. The molecule has 0 spiro atoms. The number of hydrazine groups is 1. The van der Waals surface area contributed by atoms with Gasteiger partial charge in [0.25, 0.3) is 0 Å². The molecule has 3 nitrogen and oxygen atoms in total. The van der Waals surface area contributed by atoms with Crippen LogP contribution in [-0.2, 0) is 0 Å². The van der Waals surface area contributed by atoms with Gasteiger partial charge in [0.1, 0.15) is 0 Å². The predicted molar refractivity (Wildman–Crippen MR) is 54.9 cm³/mol. The molecule has 13 heavy (non-hydrogen) atoms. The first-order valence-corrected chi connectivity index (χ1v) is 4.35. The van der Waals surface area contributed by atoms with Crippen LogP contribution in [0.25, 0.3) is 0 Å². The van der Waals surface area contributed by atoms with Crippen LogP contribution < -0.4 is 17.0 Å². The van der Waals surface area contributed by atoms with Gasteiger partial charge in [-0.2, -0.15) is 0 Å². The van der Waals surface area contributed by atoms with Crippen molar-refractivity contribution >= 4 is 0 Å². The summed E-state index contributed by atoms with van der Waals surface area (Å²) in [7, 11) is 0. The second-order valence-electron chi connectivity index (χ2n) is 3.46. The van der Waals surface area contributed by atoms with Crippen molar-refractivity contribution in [2.75, 3.05) is 0 Å². The maximum Gasteiger partial charge on any atom is 0.0941 e. The van der Waals surface area contributed by atoms with Crippen LogP contribution in [0.2, 0.25) is 0 Å². The third-order valence-corrected chi connectivity index (χ3v) is 2.23. The summed E-state index contributed by atoms with van der Waals surface area (Å²) in [5.41, 5.74) is 13.1.